The lowest BCUT2D eigenvalue weighted by Crippen LogP contribution is -2.31. The Morgan fingerprint density at radius 2 is 1.49 bits per heavy atom. The molecule has 0 atom stereocenters. The van der Waals surface area contributed by atoms with Crippen molar-refractivity contribution in [1.82, 2.24) is 14.9 Å². The van der Waals surface area contributed by atoms with E-state index in [2.05, 4.69) is 15.3 Å². The largest absolute Gasteiger partial charge is 0.417 e. The maximum absolute atomic E-state index is 13.8. The average Bonchev–Trinajstić information content (AvgIpc) is 2.96. The first kappa shape index (κ1) is 27.8. The minimum atomic E-state index is -4.65. The van der Waals surface area contributed by atoms with Crippen LogP contribution in [0.4, 0.5) is 19.0 Å². The number of fused-ring (bicyclic) bond motifs is 1. The number of nitrogens with one attached hydrogen (secondary N) is 1. The maximum Gasteiger partial charge on any atom is 0.417 e. The number of anilines is 1. The molecule has 8 heteroatoms. The van der Waals surface area contributed by atoms with Crippen LogP contribution >= 0.6 is 0 Å². The van der Waals surface area contributed by atoms with Gasteiger partial charge in [0.1, 0.15) is 12.1 Å². The van der Waals surface area contributed by atoms with Gasteiger partial charge in [-0.05, 0) is 66.4 Å². The zero-order valence-electron chi connectivity index (χ0n) is 22.7. The van der Waals surface area contributed by atoms with E-state index in [-0.39, 0.29) is 24.7 Å². The Bertz CT molecular complexity index is 1670. The highest BCUT2D eigenvalue weighted by molar-refractivity contribution is 5.96. The molecule has 0 aliphatic rings. The quantitative estimate of drug-likeness (QED) is 0.211. The van der Waals surface area contributed by atoms with E-state index in [1.165, 1.54) is 29.4 Å². The number of hydrogen-bond acceptors (Lipinski definition) is 4. The molecule has 0 fully saturated rings. The van der Waals surface area contributed by atoms with Crippen LogP contribution in [0.25, 0.3) is 22.0 Å². The third kappa shape index (κ3) is 6.54. The molecule has 0 saturated carbocycles. The SMILES string of the molecule is CC(C)Nc1ncnc2ccc(-c3cccc(CN(Cc4ccccc4)C(=O)c4ccccc4C(F)(F)F)c3)cc12. The smallest absolute Gasteiger partial charge is 0.367 e. The second kappa shape index (κ2) is 11.8. The van der Waals surface area contributed by atoms with Crippen LogP contribution in [0.2, 0.25) is 0 Å². The lowest BCUT2D eigenvalue weighted by molar-refractivity contribution is -0.138. The molecule has 0 aliphatic heterocycles. The van der Waals surface area contributed by atoms with Gasteiger partial charge in [0, 0.05) is 24.5 Å². The van der Waals surface area contributed by atoms with Crippen molar-refractivity contribution in [3.63, 3.8) is 0 Å². The van der Waals surface area contributed by atoms with Crippen LogP contribution in [0.5, 0.6) is 0 Å². The standard InChI is InChI=1S/C33H29F3N4O/c1-22(2)39-31-28-18-26(15-16-30(28)37-21-38-31)25-12-8-11-24(17-25)20-40(19-23-9-4-3-5-10-23)32(41)27-13-6-7-14-29(27)33(34,35)36/h3-18,21-22H,19-20H2,1-2H3,(H,37,38,39). The fraction of sp³-hybridized carbons (Fsp3) is 0.182. The molecule has 5 aromatic rings. The molecule has 0 unspecified atom stereocenters. The van der Waals surface area contributed by atoms with Crippen LogP contribution in [-0.2, 0) is 19.3 Å². The summed E-state index contributed by atoms with van der Waals surface area (Å²) in [6, 6.07) is 28.0. The van der Waals surface area contributed by atoms with Gasteiger partial charge in [-0.15, -0.1) is 0 Å². The molecule has 208 valence electrons. The summed E-state index contributed by atoms with van der Waals surface area (Å²) in [5, 5.41) is 4.24. The first-order valence-corrected chi connectivity index (χ1v) is 13.3. The first-order chi connectivity index (χ1) is 19.7. The number of carbonyl (C=O) groups excluding carboxylic acids is 1. The van der Waals surface area contributed by atoms with Gasteiger partial charge in [-0.2, -0.15) is 13.2 Å². The second-order valence-electron chi connectivity index (χ2n) is 10.1. The number of nitrogens with zero attached hydrogens (tertiary/aromatic N) is 3. The summed E-state index contributed by atoms with van der Waals surface area (Å²) in [4.78, 5) is 23.9. The minimum Gasteiger partial charge on any atom is -0.367 e. The van der Waals surface area contributed by atoms with E-state index >= 15 is 0 Å². The van der Waals surface area contributed by atoms with Gasteiger partial charge in [-0.3, -0.25) is 4.79 Å². The molecule has 0 saturated heterocycles. The van der Waals surface area contributed by atoms with E-state index < -0.39 is 17.6 Å². The average molecular weight is 555 g/mol. The van der Waals surface area contributed by atoms with Crippen molar-refractivity contribution >= 4 is 22.6 Å². The highest BCUT2D eigenvalue weighted by atomic mass is 19.4. The van der Waals surface area contributed by atoms with E-state index in [1.807, 2.05) is 86.6 Å². The molecule has 1 N–H and O–H groups in total. The molecule has 0 spiro atoms. The van der Waals surface area contributed by atoms with Crippen molar-refractivity contribution in [1.29, 1.82) is 0 Å². The van der Waals surface area contributed by atoms with E-state index in [4.69, 9.17) is 0 Å². The molecule has 41 heavy (non-hydrogen) atoms. The number of carbonyl (C=O) groups is 1. The normalized spacial score (nSPS) is 11.6. The van der Waals surface area contributed by atoms with Crippen molar-refractivity contribution in [2.24, 2.45) is 0 Å². The number of aromatic nitrogens is 2. The summed E-state index contributed by atoms with van der Waals surface area (Å²) in [5.74, 6) is 0.0606. The van der Waals surface area contributed by atoms with Crippen LogP contribution in [0.15, 0.2) is 103 Å². The lowest BCUT2D eigenvalue weighted by atomic mass is 10.0. The van der Waals surface area contributed by atoms with E-state index in [1.54, 1.807) is 0 Å². The van der Waals surface area contributed by atoms with Gasteiger partial charge in [0.05, 0.1) is 16.6 Å². The summed E-state index contributed by atoms with van der Waals surface area (Å²) in [5.41, 5.74) is 2.96. The Balaban J connectivity index is 1.50. The van der Waals surface area contributed by atoms with Crippen LogP contribution < -0.4 is 5.32 Å². The zero-order chi connectivity index (χ0) is 29.0. The van der Waals surface area contributed by atoms with E-state index in [0.717, 1.165) is 45.0 Å². The van der Waals surface area contributed by atoms with Crippen molar-refractivity contribution < 1.29 is 18.0 Å². The molecule has 1 heterocycles. The summed E-state index contributed by atoms with van der Waals surface area (Å²) < 4.78 is 41.4. The molecular weight excluding hydrogens is 525 g/mol. The topological polar surface area (TPSA) is 58.1 Å². The summed E-state index contributed by atoms with van der Waals surface area (Å²) in [6.07, 6.45) is -3.11. The Hall–Kier alpha value is -4.72. The van der Waals surface area contributed by atoms with Crippen LogP contribution in [0, 0.1) is 0 Å². The third-order valence-electron chi connectivity index (χ3n) is 6.66. The Morgan fingerprint density at radius 1 is 0.805 bits per heavy atom. The van der Waals surface area contributed by atoms with Crippen LogP contribution in [0.1, 0.15) is 40.9 Å². The molecule has 4 aromatic carbocycles. The molecule has 5 rings (SSSR count). The maximum atomic E-state index is 13.8. The number of alkyl halides is 3. The second-order valence-corrected chi connectivity index (χ2v) is 10.1. The van der Waals surface area contributed by atoms with Crippen molar-refractivity contribution in [3.8, 4) is 11.1 Å². The lowest BCUT2D eigenvalue weighted by Gasteiger charge is -2.25. The summed E-state index contributed by atoms with van der Waals surface area (Å²) in [6.45, 7) is 4.37. The zero-order valence-corrected chi connectivity index (χ0v) is 22.7. The highest BCUT2D eigenvalue weighted by Gasteiger charge is 2.36. The number of benzene rings is 4. The Labute approximate surface area is 236 Å². The van der Waals surface area contributed by atoms with Gasteiger partial charge in [0.15, 0.2) is 0 Å². The predicted molar refractivity (Wildman–Crippen MR) is 155 cm³/mol. The number of hydrogen-bond donors (Lipinski definition) is 1. The molecule has 1 amide bonds. The molecular formula is C33H29F3N4O. The third-order valence-corrected chi connectivity index (χ3v) is 6.66. The minimum absolute atomic E-state index is 0.130. The molecule has 0 aliphatic carbocycles. The molecule has 1 aromatic heterocycles. The van der Waals surface area contributed by atoms with Crippen LogP contribution in [-0.4, -0.2) is 26.8 Å². The summed E-state index contributed by atoms with van der Waals surface area (Å²) in [7, 11) is 0. The fourth-order valence-electron chi connectivity index (χ4n) is 4.78. The highest BCUT2D eigenvalue weighted by Crippen LogP contribution is 2.33. The Morgan fingerprint density at radius 3 is 2.24 bits per heavy atom. The van der Waals surface area contributed by atoms with Crippen molar-refractivity contribution in [2.75, 3.05) is 5.32 Å². The summed E-state index contributed by atoms with van der Waals surface area (Å²) >= 11 is 0. The fourth-order valence-corrected chi connectivity index (χ4v) is 4.78. The van der Waals surface area contributed by atoms with Gasteiger partial charge in [0.2, 0.25) is 0 Å². The van der Waals surface area contributed by atoms with Gasteiger partial charge < -0.3 is 10.2 Å². The van der Waals surface area contributed by atoms with Gasteiger partial charge >= 0.3 is 6.18 Å². The van der Waals surface area contributed by atoms with Crippen LogP contribution in [0.3, 0.4) is 0 Å². The molecule has 0 radical (unpaired) electrons. The van der Waals surface area contributed by atoms with Crippen molar-refractivity contribution in [3.05, 3.63) is 126 Å². The number of rotatable bonds is 8. The number of amides is 1. The Kier molecular flexibility index (Phi) is 8.01. The van der Waals surface area contributed by atoms with E-state index in [0.29, 0.717) is 0 Å². The first-order valence-electron chi connectivity index (χ1n) is 13.3. The predicted octanol–water partition coefficient (Wildman–Crippen LogP) is 7.98. The molecule has 5 nitrogen and oxygen atoms in total. The van der Waals surface area contributed by atoms with Gasteiger partial charge in [-0.1, -0.05) is 66.7 Å². The molecule has 0 bridgehead atoms. The number of halogens is 3. The van der Waals surface area contributed by atoms with E-state index in [9.17, 15) is 18.0 Å². The van der Waals surface area contributed by atoms with Gasteiger partial charge in [-0.25, -0.2) is 9.97 Å². The monoisotopic (exact) mass is 554 g/mol. The van der Waals surface area contributed by atoms with Gasteiger partial charge in [0.25, 0.3) is 5.91 Å². The van der Waals surface area contributed by atoms with Crippen molar-refractivity contribution in [2.45, 2.75) is 39.2 Å².